The number of hydrogen-bond acceptors (Lipinski definition) is 2. The van der Waals surface area contributed by atoms with Gasteiger partial charge in [0, 0.05) is 0 Å². The summed E-state index contributed by atoms with van der Waals surface area (Å²) < 4.78 is 13.3. The van der Waals surface area contributed by atoms with Crippen molar-refractivity contribution in [3.05, 3.63) is 94.0 Å². The average Bonchev–Trinajstić information content (AvgIpc) is 2.73. The van der Waals surface area contributed by atoms with E-state index in [4.69, 9.17) is 8.54 Å². The van der Waals surface area contributed by atoms with Crippen LogP contribution in [0.1, 0.15) is 36.1 Å². The first-order valence-electron chi connectivity index (χ1n) is 12.1. The molecule has 0 saturated heterocycles. The molecule has 0 amide bonds. The molecule has 2 aromatic carbocycles. The molecule has 4 bridgehead atoms. The van der Waals surface area contributed by atoms with E-state index < -0.39 is 25.0 Å². The molecule has 0 radical (unpaired) electrons. The van der Waals surface area contributed by atoms with Gasteiger partial charge in [-0.1, -0.05) is 96.0 Å². The first-order chi connectivity index (χ1) is 15.7. The minimum Gasteiger partial charge on any atom is -0.449 e. The van der Waals surface area contributed by atoms with Crippen LogP contribution in [0, 0.1) is 0 Å². The van der Waals surface area contributed by atoms with Gasteiger partial charge in [0.1, 0.15) is 0 Å². The Labute approximate surface area is 210 Å². The number of benzene rings is 2. The second-order valence-electron chi connectivity index (χ2n) is 11.3. The van der Waals surface area contributed by atoms with Crippen molar-refractivity contribution in [2.45, 2.75) is 58.7 Å². The van der Waals surface area contributed by atoms with E-state index in [2.05, 4.69) is 149 Å². The van der Waals surface area contributed by atoms with Crippen molar-refractivity contribution in [1.29, 1.82) is 0 Å². The molecule has 180 valence electrons. The Morgan fingerprint density at radius 1 is 0.500 bits per heavy atom. The smallest absolute Gasteiger partial charge is 0.212 e. The normalized spacial score (nSPS) is 24.9. The molecule has 6 rings (SSSR count). The predicted molar refractivity (Wildman–Crippen MR) is 158 cm³/mol. The van der Waals surface area contributed by atoms with Crippen molar-refractivity contribution >= 4 is 49.3 Å². The van der Waals surface area contributed by atoms with Gasteiger partial charge in [-0.3, -0.25) is 0 Å². The third-order valence-electron chi connectivity index (χ3n) is 5.63. The number of hydrogen-bond donors (Lipinski definition) is 0. The summed E-state index contributed by atoms with van der Waals surface area (Å²) in [6, 6.07) is 17.4. The maximum Gasteiger partial charge on any atom is 0.212 e. The van der Waals surface area contributed by atoms with E-state index in [1.807, 2.05) is 0 Å². The third kappa shape index (κ3) is 8.64. The Balaban J connectivity index is 1.97. The van der Waals surface area contributed by atoms with Gasteiger partial charge in [-0.25, -0.2) is 0 Å². The minimum atomic E-state index is -2.00. The molecule has 0 saturated carbocycles. The highest BCUT2D eigenvalue weighted by Gasteiger charge is 2.29. The lowest BCUT2D eigenvalue weighted by molar-refractivity contribution is 0.157. The minimum absolute atomic E-state index is 0.339. The van der Waals surface area contributed by atoms with Crippen LogP contribution in [0.15, 0.2) is 71.7 Å². The number of rotatable bonds is 0. The largest absolute Gasteiger partial charge is 0.449 e. The molecule has 0 aromatic heterocycles. The third-order valence-corrected chi connectivity index (χ3v) is 13.8. The quantitative estimate of drug-likeness (QED) is 0.335. The predicted octanol–water partition coefficient (Wildman–Crippen LogP) is 8.50. The first kappa shape index (κ1) is 26.6. The van der Waals surface area contributed by atoms with Gasteiger partial charge in [0.25, 0.3) is 0 Å². The van der Waals surface area contributed by atoms with Gasteiger partial charge in [0.05, 0.1) is 5.60 Å². The van der Waals surface area contributed by atoms with E-state index in [0.29, 0.717) is 0 Å². The molecule has 4 aliphatic heterocycles. The van der Waals surface area contributed by atoms with Crippen molar-refractivity contribution < 1.29 is 8.54 Å². The summed E-state index contributed by atoms with van der Waals surface area (Å²) in [5.74, 6) is 0. The molecule has 0 fully saturated rings. The van der Waals surface area contributed by atoms with Crippen LogP contribution in [0.25, 0.3) is 24.3 Å². The van der Waals surface area contributed by atoms with E-state index in [9.17, 15) is 0 Å². The lowest BCUT2D eigenvalue weighted by Gasteiger charge is -2.31. The second-order valence-corrected chi connectivity index (χ2v) is 22.9. The summed E-state index contributed by atoms with van der Waals surface area (Å²) in [7, 11) is -5.89. The van der Waals surface area contributed by atoms with E-state index >= 15 is 0 Å². The van der Waals surface area contributed by atoms with Crippen LogP contribution in [0.2, 0.25) is 39.3 Å². The van der Waals surface area contributed by atoms with Crippen LogP contribution in [-0.2, 0) is 8.54 Å². The van der Waals surface area contributed by atoms with Gasteiger partial charge >= 0.3 is 0 Å². The second kappa shape index (κ2) is 10.3. The van der Waals surface area contributed by atoms with Crippen LogP contribution in [-0.4, -0.2) is 30.6 Å². The zero-order valence-corrected chi connectivity index (χ0v) is 25.1. The standard InChI is InChI=1S/C29H40O2Si3/c1-29(2)21-17-25-9-11-27(12-10-25)19-23-33(5,6)31-34(7,8)24-20-28-15-13-26(14-16-28)18-22-32(3,4)30-29/h9-24H,1-8H3/b21-17-,22-18-,23-19-,24-20-. The van der Waals surface area contributed by atoms with Crippen molar-refractivity contribution in [3.63, 3.8) is 0 Å². The summed E-state index contributed by atoms with van der Waals surface area (Å²) in [5, 5.41) is 0. The van der Waals surface area contributed by atoms with Crippen molar-refractivity contribution in [1.82, 2.24) is 0 Å². The Morgan fingerprint density at radius 3 is 1.21 bits per heavy atom. The summed E-state index contributed by atoms with van der Waals surface area (Å²) >= 11 is 0. The average molecular weight is 505 g/mol. The maximum absolute atomic E-state index is 6.73. The molecule has 0 spiro atoms. The molecule has 4 heterocycles. The van der Waals surface area contributed by atoms with Crippen molar-refractivity contribution in [2.24, 2.45) is 0 Å². The lowest BCUT2D eigenvalue weighted by Crippen LogP contribution is -2.42. The van der Waals surface area contributed by atoms with E-state index in [-0.39, 0.29) is 5.60 Å². The molecular formula is C29H40O2Si3. The van der Waals surface area contributed by atoms with Gasteiger partial charge in [0.15, 0.2) is 16.6 Å². The first-order valence-corrected chi connectivity index (χ1v) is 21.1. The van der Waals surface area contributed by atoms with Gasteiger partial charge in [0.2, 0.25) is 8.32 Å². The van der Waals surface area contributed by atoms with E-state index in [1.54, 1.807) is 0 Å². The van der Waals surface area contributed by atoms with Gasteiger partial charge in [-0.15, -0.1) is 0 Å². The fourth-order valence-electron chi connectivity index (χ4n) is 4.12. The van der Waals surface area contributed by atoms with Crippen LogP contribution in [0.4, 0.5) is 0 Å². The molecule has 4 aliphatic rings. The molecular weight excluding hydrogens is 465 g/mol. The van der Waals surface area contributed by atoms with Crippen LogP contribution >= 0.6 is 0 Å². The van der Waals surface area contributed by atoms with Crippen LogP contribution in [0.5, 0.6) is 0 Å². The highest BCUT2D eigenvalue weighted by atomic mass is 28.4. The van der Waals surface area contributed by atoms with E-state index in [1.165, 1.54) is 22.3 Å². The SMILES string of the molecule is CC1(C)/C=C\c2ccc(cc2)/C=C\[Si](C)(C)O[Si](C)(C)/C=C\c2ccc(cc2)/C=C\[Si](C)(C)O1. The fraction of sp³-hybridized carbons (Fsp3) is 0.310. The van der Waals surface area contributed by atoms with Gasteiger partial charge < -0.3 is 8.54 Å². The molecule has 2 nitrogen and oxygen atoms in total. The van der Waals surface area contributed by atoms with Crippen molar-refractivity contribution in [2.75, 3.05) is 0 Å². The molecule has 0 N–H and O–H groups in total. The maximum atomic E-state index is 6.73. The Bertz CT molecular complexity index is 912. The van der Waals surface area contributed by atoms with Gasteiger partial charge in [-0.2, -0.15) is 0 Å². The molecule has 0 atom stereocenters. The Kier molecular flexibility index (Phi) is 8.05. The molecule has 0 aliphatic carbocycles. The molecule has 2 aromatic rings. The van der Waals surface area contributed by atoms with Crippen LogP contribution in [0.3, 0.4) is 0 Å². The summed E-state index contributed by atoms with van der Waals surface area (Å²) in [4.78, 5) is 0. The Hall–Kier alpha value is -2.03. The summed E-state index contributed by atoms with van der Waals surface area (Å²) in [6.07, 6.45) is 11.0. The lowest BCUT2D eigenvalue weighted by atomic mass is 10.1. The monoisotopic (exact) mass is 504 g/mol. The molecule has 34 heavy (non-hydrogen) atoms. The summed E-state index contributed by atoms with van der Waals surface area (Å²) in [6.45, 7) is 17.9. The zero-order chi connectivity index (χ0) is 25.0. The van der Waals surface area contributed by atoms with E-state index in [0.717, 1.165) is 0 Å². The molecule has 5 heteroatoms. The van der Waals surface area contributed by atoms with Crippen molar-refractivity contribution in [3.8, 4) is 0 Å². The topological polar surface area (TPSA) is 18.5 Å². The van der Waals surface area contributed by atoms with Gasteiger partial charge in [-0.05, 0) is 75.4 Å². The highest BCUT2D eigenvalue weighted by molar-refractivity contribution is 6.90. The fourth-order valence-corrected chi connectivity index (χ4v) is 13.4. The highest BCUT2D eigenvalue weighted by Crippen LogP contribution is 2.23. The Morgan fingerprint density at radius 2 is 0.824 bits per heavy atom. The molecule has 0 unspecified atom stereocenters. The van der Waals surface area contributed by atoms with Crippen LogP contribution < -0.4 is 0 Å². The zero-order valence-electron chi connectivity index (χ0n) is 22.1. The summed E-state index contributed by atoms with van der Waals surface area (Å²) in [5.41, 5.74) is 11.3.